The lowest BCUT2D eigenvalue weighted by molar-refractivity contribution is -0.138. The molecule has 0 saturated carbocycles. The zero-order chi connectivity index (χ0) is 20.5. The maximum Gasteiger partial charge on any atom is 0.242 e. The molecule has 30 heavy (non-hydrogen) atoms. The molecule has 0 N–H and O–H groups in total. The topological polar surface area (TPSA) is 47.1 Å². The number of rotatable bonds is 4. The lowest BCUT2D eigenvalue weighted by Gasteiger charge is -2.36. The molecule has 6 nitrogen and oxygen atoms in total. The SMILES string of the molecule is O=C(CN1CCc2ccccc21)N1CCN(C(=O)CN2CCc3ccccc32)CC1. The van der Waals surface area contributed by atoms with E-state index in [4.69, 9.17) is 0 Å². The van der Waals surface area contributed by atoms with E-state index in [0.717, 1.165) is 25.9 Å². The molecule has 0 bridgehead atoms. The molecule has 0 spiro atoms. The van der Waals surface area contributed by atoms with Gasteiger partial charge in [0.15, 0.2) is 0 Å². The average Bonchev–Trinajstić information content (AvgIpc) is 3.38. The average molecular weight is 405 g/mol. The number of carbonyl (C=O) groups is 2. The Labute approximate surface area is 177 Å². The molecule has 156 valence electrons. The highest BCUT2D eigenvalue weighted by molar-refractivity contribution is 5.84. The van der Waals surface area contributed by atoms with Gasteiger partial charge in [-0.15, -0.1) is 0 Å². The van der Waals surface area contributed by atoms with Crippen LogP contribution < -0.4 is 9.80 Å². The Morgan fingerprint density at radius 1 is 0.600 bits per heavy atom. The lowest BCUT2D eigenvalue weighted by atomic mass is 10.2. The van der Waals surface area contributed by atoms with E-state index in [1.165, 1.54) is 22.5 Å². The second-order valence-electron chi connectivity index (χ2n) is 8.36. The second kappa shape index (κ2) is 8.01. The van der Waals surface area contributed by atoms with Crippen molar-refractivity contribution in [3.8, 4) is 0 Å². The van der Waals surface area contributed by atoms with E-state index in [-0.39, 0.29) is 11.8 Å². The molecular weight excluding hydrogens is 376 g/mol. The van der Waals surface area contributed by atoms with E-state index < -0.39 is 0 Å². The van der Waals surface area contributed by atoms with Crippen molar-refractivity contribution in [3.05, 3.63) is 59.7 Å². The van der Waals surface area contributed by atoms with Gasteiger partial charge >= 0.3 is 0 Å². The largest absolute Gasteiger partial charge is 0.362 e. The van der Waals surface area contributed by atoms with Gasteiger partial charge in [0.1, 0.15) is 0 Å². The van der Waals surface area contributed by atoms with E-state index >= 15 is 0 Å². The quantitative estimate of drug-likeness (QED) is 0.780. The van der Waals surface area contributed by atoms with Gasteiger partial charge in [-0.1, -0.05) is 36.4 Å². The van der Waals surface area contributed by atoms with Gasteiger partial charge in [0.25, 0.3) is 0 Å². The number of amides is 2. The molecule has 0 unspecified atom stereocenters. The molecule has 0 atom stereocenters. The Morgan fingerprint density at radius 3 is 1.43 bits per heavy atom. The molecule has 5 rings (SSSR count). The summed E-state index contributed by atoms with van der Waals surface area (Å²) in [6.07, 6.45) is 2.01. The van der Waals surface area contributed by atoms with Crippen LogP contribution >= 0.6 is 0 Å². The minimum atomic E-state index is 0.160. The summed E-state index contributed by atoms with van der Waals surface area (Å²) in [6, 6.07) is 16.7. The first kappa shape index (κ1) is 19.0. The van der Waals surface area contributed by atoms with Crippen LogP contribution in [0, 0.1) is 0 Å². The fraction of sp³-hybridized carbons (Fsp3) is 0.417. The summed E-state index contributed by atoms with van der Waals surface area (Å²) in [5.41, 5.74) is 5.02. The maximum atomic E-state index is 12.8. The van der Waals surface area contributed by atoms with Gasteiger partial charge in [0.05, 0.1) is 13.1 Å². The van der Waals surface area contributed by atoms with Crippen molar-refractivity contribution in [1.29, 1.82) is 0 Å². The van der Waals surface area contributed by atoms with Crippen molar-refractivity contribution in [1.82, 2.24) is 9.80 Å². The van der Waals surface area contributed by atoms with Crippen molar-refractivity contribution in [2.24, 2.45) is 0 Å². The summed E-state index contributed by atoms with van der Waals surface area (Å²) in [5.74, 6) is 0.319. The minimum absolute atomic E-state index is 0.160. The molecule has 2 aromatic carbocycles. The third-order valence-corrected chi connectivity index (χ3v) is 6.60. The van der Waals surface area contributed by atoms with Crippen LogP contribution in [0.4, 0.5) is 11.4 Å². The zero-order valence-electron chi connectivity index (χ0n) is 17.3. The van der Waals surface area contributed by atoms with Gasteiger partial charge in [-0.25, -0.2) is 0 Å². The molecule has 0 aromatic heterocycles. The van der Waals surface area contributed by atoms with Crippen molar-refractivity contribution < 1.29 is 9.59 Å². The number of para-hydroxylation sites is 2. The van der Waals surface area contributed by atoms with Gasteiger partial charge in [-0.05, 0) is 36.1 Å². The molecule has 0 radical (unpaired) electrons. The molecular formula is C24H28N4O2. The van der Waals surface area contributed by atoms with Crippen molar-refractivity contribution in [2.45, 2.75) is 12.8 Å². The minimum Gasteiger partial charge on any atom is -0.362 e. The molecule has 3 aliphatic heterocycles. The third-order valence-electron chi connectivity index (χ3n) is 6.60. The molecule has 2 aromatic rings. The van der Waals surface area contributed by atoms with Crippen LogP contribution in [0.2, 0.25) is 0 Å². The number of nitrogens with zero attached hydrogens (tertiary/aromatic N) is 4. The molecule has 3 heterocycles. The number of hydrogen-bond acceptors (Lipinski definition) is 4. The third kappa shape index (κ3) is 3.62. The van der Waals surface area contributed by atoms with Crippen LogP contribution in [0.1, 0.15) is 11.1 Å². The first-order valence-electron chi connectivity index (χ1n) is 10.9. The predicted octanol–water partition coefficient (Wildman–Crippen LogP) is 1.78. The molecule has 1 saturated heterocycles. The van der Waals surface area contributed by atoms with E-state index in [1.54, 1.807) is 0 Å². The Morgan fingerprint density at radius 2 is 1.00 bits per heavy atom. The summed E-state index contributed by atoms with van der Waals surface area (Å²) in [5, 5.41) is 0. The molecule has 0 aliphatic carbocycles. The summed E-state index contributed by atoms with van der Waals surface area (Å²) >= 11 is 0. The normalized spacial score (nSPS) is 17.9. The Bertz CT molecular complexity index is 874. The van der Waals surface area contributed by atoms with Crippen LogP contribution in [0.5, 0.6) is 0 Å². The summed E-state index contributed by atoms with van der Waals surface area (Å²) in [4.78, 5) is 33.8. The smallest absolute Gasteiger partial charge is 0.242 e. The van der Waals surface area contributed by atoms with E-state index in [0.29, 0.717) is 39.3 Å². The van der Waals surface area contributed by atoms with Crippen molar-refractivity contribution >= 4 is 23.2 Å². The maximum absolute atomic E-state index is 12.8. The molecule has 2 amide bonds. The van der Waals surface area contributed by atoms with E-state index in [9.17, 15) is 9.59 Å². The Hall–Kier alpha value is -3.02. The van der Waals surface area contributed by atoms with Crippen molar-refractivity contribution in [3.63, 3.8) is 0 Å². The monoisotopic (exact) mass is 404 g/mol. The van der Waals surface area contributed by atoms with Crippen LogP contribution in [0.15, 0.2) is 48.5 Å². The highest BCUT2D eigenvalue weighted by atomic mass is 16.2. The van der Waals surface area contributed by atoms with Crippen LogP contribution in [0.3, 0.4) is 0 Å². The number of benzene rings is 2. The van der Waals surface area contributed by atoms with Gasteiger partial charge < -0.3 is 19.6 Å². The van der Waals surface area contributed by atoms with E-state index in [1.807, 2.05) is 21.9 Å². The fourth-order valence-electron chi connectivity index (χ4n) is 4.87. The number of hydrogen-bond donors (Lipinski definition) is 0. The predicted molar refractivity (Wildman–Crippen MR) is 118 cm³/mol. The van der Waals surface area contributed by atoms with Crippen molar-refractivity contribution in [2.75, 3.05) is 62.2 Å². The van der Waals surface area contributed by atoms with Crippen LogP contribution in [-0.4, -0.2) is 74.0 Å². The molecule has 6 heteroatoms. The van der Waals surface area contributed by atoms with Crippen LogP contribution in [0.25, 0.3) is 0 Å². The first-order chi connectivity index (χ1) is 14.7. The lowest BCUT2D eigenvalue weighted by Crippen LogP contribution is -2.54. The van der Waals surface area contributed by atoms with Gasteiger partial charge in [0.2, 0.25) is 11.8 Å². The number of carbonyl (C=O) groups excluding carboxylic acids is 2. The zero-order valence-corrected chi connectivity index (χ0v) is 17.3. The number of piperazine rings is 1. The molecule has 1 fully saturated rings. The Balaban J connectivity index is 1.12. The molecule has 3 aliphatic rings. The van der Waals surface area contributed by atoms with Gasteiger partial charge in [0, 0.05) is 50.6 Å². The van der Waals surface area contributed by atoms with E-state index in [2.05, 4.69) is 46.2 Å². The first-order valence-corrected chi connectivity index (χ1v) is 10.9. The number of anilines is 2. The summed E-state index contributed by atoms with van der Waals surface area (Å²) in [6.45, 7) is 5.15. The highest BCUT2D eigenvalue weighted by Crippen LogP contribution is 2.28. The fourth-order valence-corrected chi connectivity index (χ4v) is 4.87. The van der Waals surface area contributed by atoms with Gasteiger partial charge in [-0.3, -0.25) is 9.59 Å². The van der Waals surface area contributed by atoms with Gasteiger partial charge in [-0.2, -0.15) is 0 Å². The standard InChI is InChI=1S/C24H28N4O2/c29-23(17-27-11-9-19-5-1-3-7-21(19)27)25-13-15-26(16-14-25)24(30)18-28-12-10-20-6-2-4-8-22(20)28/h1-8H,9-18H2. The summed E-state index contributed by atoms with van der Waals surface area (Å²) in [7, 11) is 0. The number of fused-ring (bicyclic) bond motifs is 2. The second-order valence-corrected chi connectivity index (χ2v) is 8.36. The highest BCUT2D eigenvalue weighted by Gasteiger charge is 2.29. The summed E-state index contributed by atoms with van der Waals surface area (Å²) < 4.78 is 0. The Kier molecular flexibility index (Phi) is 5.07. The van der Waals surface area contributed by atoms with Crippen LogP contribution in [-0.2, 0) is 22.4 Å².